The van der Waals surface area contributed by atoms with Gasteiger partial charge in [-0.25, -0.2) is 9.59 Å². The third-order valence-corrected chi connectivity index (χ3v) is 2.44. The molecule has 2 N–H and O–H groups in total. The number of unbranched alkanes of at least 4 members (excludes halogenated alkanes) is 1. The second-order valence-electron chi connectivity index (χ2n) is 4.50. The van der Waals surface area contributed by atoms with Crippen molar-refractivity contribution in [2.24, 2.45) is 0 Å². The second kappa shape index (κ2) is 21.6. The largest absolute Gasteiger partial charge is 0.478 e. The van der Waals surface area contributed by atoms with Crippen LogP contribution in [-0.4, -0.2) is 22.2 Å². The summed E-state index contributed by atoms with van der Waals surface area (Å²) in [5.41, 5.74) is 1.49. The average molecular weight is 357 g/mol. The van der Waals surface area contributed by atoms with Crippen molar-refractivity contribution >= 4 is 18.0 Å². The van der Waals surface area contributed by atoms with Crippen molar-refractivity contribution in [1.82, 2.24) is 0 Å². The Balaban J connectivity index is -0.000000286. The van der Waals surface area contributed by atoms with Crippen molar-refractivity contribution < 1.29 is 19.8 Å². The molecule has 0 aliphatic rings. The monoisotopic (exact) mass is 357 g/mol. The van der Waals surface area contributed by atoms with E-state index in [1.165, 1.54) is 11.6 Å². The molecule has 26 heavy (non-hydrogen) atoms. The van der Waals surface area contributed by atoms with E-state index in [1.54, 1.807) is 6.07 Å². The van der Waals surface area contributed by atoms with E-state index in [-0.39, 0.29) is 0 Å². The first kappa shape index (κ1) is 27.5. The molecular weight excluding hydrogens is 330 g/mol. The summed E-state index contributed by atoms with van der Waals surface area (Å²) < 4.78 is 0. The molecule has 0 spiro atoms. The normalized spacial score (nSPS) is 7.54. The summed E-state index contributed by atoms with van der Waals surface area (Å²) in [6.07, 6.45) is 6.41. The number of nitriles is 1. The highest BCUT2D eigenvalue weighted by Crippen LogP contribution is 2.03. The first-order chi connectivity index (χ1) is 12.3. The van der Waals surface area contributed by atoms with E-state index in [0.717, 1.165) is 18.9 Å². The van der Waals surface area contributed by atoms with Crippen molar-refractivity contribution in [2.75, 3.05) is 0 Å². The molecule has 5 heteroatoms. The summed E-state index contributed by atoms with van der Waals surface area (Å²) in [6.45, 7) is 15.1. The molecule has 0 heterocycles. The number of hydrogen-bond acceptors (Lipinski definition) is 3. The second-order valence-corrected chi connectivity index (χ2v) is 4.50. The average Bonchev–Trinajstić information content (AvgIpc) is 2.67. The van der Waals surface area contributed by atoms with Crippen LogP contribution in [0.15, 0.2) is 74.4 Å². The van der Waals surface area contributed by atoms with Gasteiger partial charge in [0.05, 0.1) is 6.07 Å². The maximum atomic E-state index is 10.1. The molecule has 0 bridgehead atoms. The molecule has 0 saturated carbocycles. The first-order valence-electron chi connectivity index (χ1n) is 7.74. The summed E-state index contributed by atoms with van der Waals surface area (Å²) in [7, 11) is 0. The quantitative estimate of drug-likeness (QED) is 0.545. The van der Waals surface area contributed by atoms with Crippen LogP contribution in [0.3, 0.4) is 0 Å². The third kappa shape index (κ3) is 25.6. The fraction of sp³-hybridized carbons (Fsp3) is 0.190. The number of nitrogens with zero attached hydrogens (tertiary/aromatic N) is 1. The van der Waals surface area contributed by atoms with Gasteiger partial charge in [-0.15, -0.1) is 0 Å². The van der Waals surface area contributed by atoms with Gasteiger partial charge in [0.15, 0.2) is 0 Å². The Morgan fingerprint density at radius 2 is 1.62 bits per heavy atom. The molecular formula is C21H27NO4. The molecule has 1 aromatic rings. The minimum Gasteiger partial charge on any atom is -0.478 e. The SMILES string of the molecule is C=C(CCCC)C(=O)O.C=CC#N.C=CC(=O)O.C=Cc1ccccc1. The zero-order valence-electron chi connectivity index (χ0n) is 15.2. The predicted molar refractivity (Wildman–Crippen MR) is 106 cm³/mol. The summed E-state index contributed by atoms with van der Waals surface area (Å²) in [6, 6.07) is 11.7. The highest BCUT2D eigenvalue weighted by molar-refractivity contribution is 5.85. The molecule has 0 radical (unpaired) electrons. The molecule has 0 fully saturated rings. The maximum Gasteiger partial charge on any atom is 0.330 e. The molecule has 0 unspecified atom stereocenters. The van der Waals surface area contributed by atoms with Crippen LogP contribution in [0.2, 0.25) is 0 Å². The standard InChI is InChI=1S/C8H8.C7H12O2.C3H3N.C3H4O2/c1-2-8-6-4-3-5-7-8;1-3-4-5-6(2)7(8)9;1-2-3-4;1-2-3(4)5/h2-7H,1H2;2-5H2,1H3,(H,8,9);2H,1H2;2H,1H2,(H,4,5). The van der Waals surface area contributed by atoms with E-state index >= 15 is 0 Å². The van der Waals surface area contributed by atoms with E-state index in [4.69, 9.17) is 15.5 Å². The van der Waals surface area contributed by atoms with Gasteiger partial charge >= 0.3 is 11.9 Å². The fourth-order valence-electron chi connectivity index (χ4n) is 1.09. The third-order valence-electron chi connectivity index (χ3n) is 2.44. The minimum atomic E-state index is -0.981. The van der Waals surface area contributed by atoms with Gasteiger partial charge in [0.2, 0.25) is 0 Å². The Morgan fingerprint density at radius 3 is 1.85 bits per heavy atom. The lowest BCUT2D eigenvalue weighted by Crippen LogP contribution is -1.97. The summed E-state index contributed by atoms with van der Waals surface area (Å²) in [5.74, 6) is -1.85. The molecule has 0 aromatic heterocycles. The van der Waals surface area contributed by atoms with Crippen molar-refractivity contribution in [3.05, 3.63) is 79.9 Å². The Bertz CT molecular complexity index is 598. The van der Waals surface area contributed by atoms with Crippen LogP contribution in [0.1, 0.15) is 31.7 Å². The van der Waals surface area contributed by atoms with E-state index in [1.807, 2.05) is 43.3 Å². The van der Waals surface area contributed by atoms with Gasteiger partial charge in [0.25, 0.3) is 0 Å². The minimum absolute atomic E-state index is 0.317. The molecule has 0 saturated heterocycles. The van der Waals surface area contributed by atoms with Crippen molar-refractivity contribution in [2.45, 2.75) is 26.2 Å². The number of hydrogen-bond donors (Lipinski definition) is 2. The highest BCUT2D eigenvalue weighted by Gasteiger charge is 2.00. The van der Waals surface area contributed by atoms with E-state index < -0.39 is 11.9 Å². The summed E-state index contributed by atoms with van der Waals surface area (Å²) >= 11 is 0. The molecule has 1 rings (SSSR count). The number of rotatable bonds is 6. The Hall–Kier alpha value is -3.39. The lowest BCUT2D eigenvalue weighted by Gasteiger charge is -1.95. The van der Waals surface area contributed by atoms with Crippen LogP contribution in [0.4, 0.5) is 0 Å². The Morgan fingerprint density at radius 1 is 1.15 bits per heavy atom. The van der Waals surface area contributed by atoms with E-state index in [9.17, 15) is 9.59 Å². The molecule has 0 aliphatic carbocycles. The van der Waals surface area contributed by atoms with Crippen LogP contribution in [0, 0.1) is 11.3 Å². The molecule has 1 aromatic carbocycles. The van der Waals surface area contributed by atoms with Gasteiger partial charge in [-0.1, -0.05) is 76.1 Å². The van der Waals surface area contributed by atoms with Crippen molar-refractivity contribution in [3.63, 3.8) is 0 Å². The van der Waals surface area contributed by atoms with Gasteiger partial charge in [-0.3, -0.25) is 0 Å². The summed E-state index contributed by atoms with van der Waals surface area (Å²) in [5, 5.41) is 23.4. The van der Waals surface area contributed by atoms with Gasteiger partial charge in [0.1, 0.15) is 0 Å². The van der Waals surface area contributed by atoms with Crippen molar-refractivity contribution in [1.29, 1.82) is 5.26 Å². The Labute approximate surface area is 155 Å². The number of carbonyl (C=O) groups is 2. The topological polar surface area (TPSA) is 98.4 Å². The smallest absolute Gasteiger partial charge is 0.330 e. The van der Waals surface area contributed by atoms with Crippen molar-refractivity contribution in [3.8, 4) is 6.07 Å². The van der Waals surface area contributed by atoms with Gasteiger partial charge in [0, 0.05) is 17.7 Å². The molecule has 0 atom stereocenters. The zero-order chi connectivity index (χ0) is 20.8. The number of aliphatic carboxylic acids is 2. The van der Waals surface area contributed by atoms with Crippen LogP contribution in [0.25, 0.3) is 6.08 Å². The van der Waals surface area contributed by atoms with E-state index in [2.05, 4.69) is 26.3 Å². The fourth-order valence-corrected chi connectivity index (χ4v) is 1.09. The number of allylic oxidation sites excluding steroid dienone is 1. The van der Waals surface area contributed by atoms with Gasteiger partial charge in [-0.05, 0) is 18.4 Å². The number of carboxylic acids is 2. The van der Waals surface area contributed by atoms with Gasteiger partial charge in [-0.2, -0.15) is 5.26 Å². The highest BCUT2D eigenvalue weighted by atomic mass is 16.4. The lowest BCUT2D eigenvalue weighted by molar-refractivity contribution is -0.133. The molecule has 5 nitrogen and oxygen atoms in total. The zero-order valence-corrected chi connectivity index (χ0v) is 15.2. The van der Waals surface area contributed by atoms with Crippen LogP contribution >= 0.6 is 0 Å². The molecule has 0 aliphatic heterocycles. The molecule has 0 amide bonds. The number of carboxylic acid groups (broad SMARTS) is 2. The summed E-state index contributed by atoms with van der Waals surface area (Å²) in [4.78, 5) is 19.4. The van der Waals surface area contributed by atoms with Gasteiger partial charge < -0.3 is 10.2 Å². The molecule has 140 valence electrons. The predicted octanol–water partition coefficient (Wildman–Crippen LogP) is 5.10. The Kier molecular flexibility index (Phi) is 22.8. The lowest BCUT2D eigenvalue weighted by atomic mass is 10.1. The van der Waals surface area contributed by atoms with Crippen LogP contribution in [-0.2, 0) is 9.59 Å². The van der Waals surface area contributed by atoms with Crippen LogP contribution in [0.5, 0.6) is 0 Å². The number of benzene rings is 1. The first-order valence-corrected chi connectivity index (χ1v) is 7.74. The maximum absolute atomic E-state index is 10.1. The van der Waals surface area contributed by atoms with E-state index in [0.29, 0.717) is 12.0 Å². The van der Waals surface area contributed by atoms with Crippen LogP contribution < -0.4 is 0 Å².